The van der Waals surface area contributed by atoms with Crippen LogP contribution in [0, 0.1) is 13.8 Å². The summed E-state index contributed by atoms with van der Waals surface area (Å²) in [5, 5.41) is 10.5. The summed E-state index contributed by atoms with van der Waals surface area (Å²) < 4.78 is 0. The largest absolute Gasteiger partial charge is 0.363 e. The van der Waals surface area contributed by atoms with Crippen LogP contribution in [-0.2, 0) is 13.0 Å². The molecule has 0 radical (unpaired) electrons. The normalized spacial score (nSPS) is 15.6. The molecule has 2 N–H and O–H groups in total. The fraction of sp³-hybridized carbons (Fsp3) is 0.304. The molecule has 1 atom stereocenters. The van der Waals surface area contributed by atoms with Crippen molar-refractivity contribution in [2.24, 2.45) is 0 Å². The highest BCUT2D eigenvalue weighted by Crippen LogP contribution is 2.37. The van der Waals surface area contributed by atoms with Crippen LogP contribution >= 0.6 is 22.7 Å². The fourth-order valence-corrected chi connectivity index (χ4v) is 5.88. The van der Waals surface area contributed by atoms with Crippen molar-refractivity contribution < 1.29 is 4.79 Å². The van der Waals surface area contributed by atoms with Crippen LogP contribution in [0.25, 0.3) is 10.2 Å². The molecule has 0 saturated carbocycles. The van der Waals surface area contributed by atoms with Crippen molar-refractivity contribution in [2.75, 3.05) is 5.32 Å². The Hall–Kier alpha value is -2.84. The highest BCUT2D eigenvalue weighted by Gasteiger charge is 2.23. The molecule has 4 aromatic rings. The second-order valence-electron chi connectivity index (χ2n) is 7.79. The average Bonchev–Trinajstić information content (AvgIpc) is 3.36. The number of hydrogen-bond acceptors (Lipinski definition) is 7. The fourth-order valence-electron chi connectivity index (χ4n) is 4.21. The van der Waals surface area contributed by atoms with Crippen LogP contribution in [0.1, 0.15) is 55.9 Å². The maximum atomic E-state index is 12.9. The third kappa shape index (κ3) is 3.93. The van der Waals surface area contributed by atoms with Crippen molar-refractivity contribution in [3.8, 4) is 0 Å². The van der Waals surface area contributed by atoms with E-state index in [1.165, 1.54) is 22.5 Å². The van der Waals surface area contributed by atoms with E-state index in [0.717, 1.165) is 51.6 Å². The minimum atomic E-state index is -0.0971. The molecule has 0 spiro atoms. The van der Waals surface area contributed by atoms with Crippen molar-refractivity contribution in [1.82, 2.24) is 20.3 Å². The van der Waals surface area contributed by atoms with Crippen LogP contribution in [0.15, 0.2) is 36.0 Å². The van der Waals surface area contributed by atoms with E-state index in [0.29, 0.717) is 11.4 Å². The second kappa shape index (κ2) is 8.36. The van der Waals surface area contributed by atoms with Gasteiger partial charge in [-0.1, -0.05) is 24.3 Å². The summed E-state index contributed by atoms with van der Waals surface area (Å²) in [7, 11) is 0. The topological polar surface area (TPSA) is 79.8 Å². The standard InChI is InChI=1S/C23H23N5OS2/c1-13-19-21(28-18-9-5-7-15-6-3-4-8-17(15)18)25-12-26-23(19)31-20(13)22(29)24-10-16-11-30-14(2)27-16/h3-4,6,8,11-12,18H,5,7,9-10H2,1-2H3,(H,24,29)(H,25,26,28). The van der Waals surface area contributed by atoms with Gasteiger partial charge in [-0.2, -0.15) is 0 Å². The number of thiazole rings is 1. The Morgan fingerprint density at radius 2 is 2.10 bits per heavy atom. The first kappa shape index (κ1) is 20.1. The van der Waals surface area contributed by atoms with Gasteiger partial charge in [0, 0.05) is 5.38 Å². The van der Waals surface area contributed by atoms with E-state index < -0.39 is 0 Å². The van der Waals surface area contributed by atoms with Gasteiger partial charge in [-0.15, -0.1) is 22.7 Å². The number of nitrogens with zero attached hydrogens (tertiary/aromatic N) is 3. The first-order valence-corrected chi connectivity index (χ1v) is 12.1. The van der Waals surface area contributed by atoms with Crippen LogP contribution in [0.4, 0.5) is 5.82 Å². The van der Waals surface area contributed by atoms with Crippen molar-refractivity contribution >= 4 is 44.6 Å². The van der Waals surface area contributed by atoms with Crippen molar-refractivity contribution in [3.63, 3.8) is 0 Å². The number of aromatic nitrogens is 3. The summed E-state index contributed by atoms with van der Waals surface area (Å²) in [4.78, 5) is 27.8. The number of anilines is 1. The van der Waals surface area contributed by atoms with Gasteiger partial charge in [-0.3, -0.25) is 4.79 Å². The van der Waals surface area contributed by atoms with E-state index >= 15 is 0 Å². The maximum Gasteiger partial charge on any atom is 0.262 e. The predicted octanol–water partition coefficient (Wildman–Crippen LogP) is 5.18. The molecule has 8 heteroatoms. The molecule has 0 bridgehead atoms. The van der Waals surface area contributed by atoms with Crippen LogP contribution in [0.2, 0.25) is 0 Å². The number of carbonyl (C=O) groups excluding carboxylic acids is 1. The Kier molecular flexibility index (Phi) is 5.41. The molecule has 1 aliphatic rings. The lowest BCUT2D eigenvalue weighted by molar-refractivity contribution is 0.0954. The molecule has 0 aliphatic heterocycles. The first-order chi connectivity index (χ1) is 15.1. The second-order valence-corrected chi connectivity index (χ2v) is 9.85. The minimum absolute atomic E-state index is 0.0971. The monoisotopic (exact) mass is 449 g/mol. The summed E-state index contributed by atoms with van der Waals surface area (Å²) in [6, 6.07) is 8.82. The molecule has 1 amide bonds. The smallest absolute Gasteiger partial charge is 0.262 e. The Labute approximate surface area is 188 Å². The van der Waals surface area contributed by atoms with E-state index in [1.54, 1.807) is 17.7 Å². The predicted molar refractivity (Wildman–Crippen MR) is 126 cm³/mol. The van der Waals surface area contributed by atoms with Gasteiger partial charge in [-0.05, 0) is 49.8 Å². The van der Waals surface area contributed by atoms with Gasteiger partial charge >= 0.3 is 0 Å². The summed E-state index contributed by atoms with van der Waals surface area (Å²) in [6.07, 6.45) is 4.91. The van der Waals surface area contributed by atoms with E-state index in [4.69, 9.17) is 0 Å². The van der Waals surface area contributed by atoms with E-state index in [9.17, 15) is 4.79 Å². The lowest BCUT2D eigenvalue weighted by atomic mass is 9.87. The van der Waals surface area contributed by atoms with Gasteiger partial charge in [0.2, 0.25) is 0 Å². The van der Waals surface area contributed by atoms with E-state index in [1.807, 2.05) is 19.2 Å². The third-order valence-electron chi connectivity index (χ3n) is 5.71. The van der Waals surface area contributed by atoms with Crippen molar-refractivity contribution in [1.29, 1.82) is 0 Å². The maximum absolute atomic E-state index is 12.9. The van der Waals surface area contributed by atoms with Crippen molar-refractivity contribution in [3.05, 3.63) is 68.2 Å². The number of carbonyl (C=O) groups is 1. The molecular formula is C23H23N5OS2. The zero-order valence-corrected chi connectivity index (χ0v) is 19.1. The van der Waals surface area contributed by atoms with Crippen LogP contribution in [0.3, 0.4) is 0 Å². The number of nitrogens with one attached hydrogen (secondary N) is 2. The number of amides is 1. The lowest BCUT2D eigenvalue weighted by Gasteiger charge is -2.27. The summed E-state index contributed by atoms with van der Waals surface area (Å²) in [6.45, 7) is 4.36. The minimum Gasteiger partial charge on any atom is -0.363 e. The summed E-state index contributed by atoms with van der Waals surface area (Å²) in [5.74, 6) is 0.703. The van der Waals surface area contributed by atoms with Crippen LogP contribution in [-0.4, -0.2) is 20.9 Å². The molecule has 6 nitrogen and oxygen atoms in total. The van der Waals surface area contributed by atoms with Gasteiger partial charge in [0.05, 0.1) is 33.6 Å². The molecule has 0 saturated heterocycles. The number of fused-ring (bicyclic) bond motifs is 2. The quantitative estimate of drug-likeness (QED) is 0.439. The van der Waals surface area contributed by atoms with Gasteiger partial charge in [-0.25, -0.2) is 15.0 Å². The Morgan fingerprint density at radius 3 is 2.94 bits per heavy atom. The van der Waals surface area contributed by atoms with Gasteiger partial charge in [0.25, 0.3) is 5.91 Å². The zero-order valence-electron chi connectivity index (χ0n) is 17.4. The molecule has 0 fully saturated rings. The van der Waals surface area contributed by atoms with Gasteiger partial charge in [0.1, 0.15) is 17.0 Å². The van der Waals surface area contributed by atoms with E-state index in [2.05, 4.69) is 49.9 Å². The number of rotatable bonds is 5. The highest BCUT2D eigenvalue weighted by atomic mass is 32.1. The molecule has 1 aromatic carbocycles. The molecule has 1 aliphatic carbocycles. The van der Waals surface area contributed by atoms with Crippen LogP contribution < -0.4 is 10.6 Å². The van der Waals surface area contributed by atoms with Gasteiger partial charge in [0.15, 0.2) is 0 Å². The van der Waals surface area contributed by atoms with Crippen LogP contribution in [0.5, 0.6) is 0 Å². The lowest BCUT2D eigenvalue weighted by Crippen LogP contribution is -2.22. The average molecular weight is 450 g/mol. The van der Waals surface area contributed by atoms with Crippen molar-refractivity contribution in [2.45, 2.75) is 45.7 Å². The number of aryl methyl sites for hydroxylation is 3. The van der Waals surface area contributed by atoms with Gasteiger partial charge < -0.3 is 10.6 Å². The SMILES string of the molecule is Cc1nc(CNC(=O)c2sc3ncnc(NC4CCCc5ccccc54)c3c2C)cs1. The van der Waals surface area contributed by atoms with E-state index in [-0.39, 0.29) is 11.9 Å². The molecule has 158 valence electrons. The molecule has 3 aromatic heterocycles. The molecule has 3 heterocycles. The summed E-state index contributed by atoms with van der Waals surface area (Å²) in [5.41, 5.74) is 4.53. The molecule has 1 unspecified atom stereocenters. The Balaban J connectivity index is 1.42. The Bertz CT molecular complexity index is 1260. The summed E-state index contributed by atoms with van der Waals surface area (Å²) >= 11 is 3.00. The zero-order chi connectivity index (χ0) is 21.4. The number of thiophene rings is 1. The molecule has 5 rings (SSSR count). The highest BCUT2D eigenvalue weighted by molar-refractivity contribution is 7.20. The number of benzene rings is 1. The Morgan fingerprint density at radius 1 is 1.23 bits per heavy atom. The third-order valence-corrected chi connectivity index (χ3v) is 7.73. The molecule has 31 heavy (non-hydrogen) atoms. The molecular weight excluding hydrogens is 426 g/mol. The first-order valence-electron chi connectivity index (χ1n) is 10.4. The number of hydrogen-bond donors (Lipinski definition) is 2.